The molecule has 0 saturated carbocycles. The summed E-state index contributed by atoms with van der Waals surface area (Å²) < 4.78 is 6.10. The summed E-state index contributed by atoms with van der Waals surface area (Å²) in [4.78, 5) is 12.7. The van der Waals surface area contributed by atoms with Gasteiger partial charge in [-0.3, -0.25) is 4.79 Å². The highest BCUT2D eigenvalue weighted by Gasteiger charge is 2.15. The van der Waals surface area contributed by atoms with Crippen molar-refractivity contribution in [2.75, 3.05) is 5.32 Å². The molecule has 0 aliphatic carbocycles. The van der Waals surface area contributed by atoms with Crippen LogP contribution in [-0.4, -0.2) is 5.91 Å². The maximum absolute atomic E-state index is 12.7. The molecule has 4 aromatic carbocycles. The molecule has 0 spiro atoms. The standard InChI is InChI=1S/C28H20Cl2N2O2/c1-18-9-11-24(12-10-18)32-28(33)22(16-31)13-21-14-23(29)15-26(30)27(21)34-17-20-7-4-6-19-5-2-3-8-25(19)20/h2-15H,17H2,1H3,(H,32,33)/b22-13+. The number of carbonyl (C=O) groups excluding carboxylic acids is 1. The summed E-state index contributed by atoms with van der Waals surface area (Å²) in [5, 5.41) is 15.2. The molecule has 4 aromatic rings. The molecule has 0 unspecified atom stereocenters. The van der Waals surface area contributed by atoms with Gasteiger partial charge in [-0.2, -0.15) is 5.26 Å². The van der Waals surface area contributed by atoms with Crippen molar-refractivity contribution in [2.45, 2.75) is 13.5 Å². The quantitative estimate of drug-likeness (QED) is 0.225. The molecule has 168 valence electrons. The predicted molar refractivity (Wildman–Crippen MR) is 138 cm³/mol. The van der Waals surface area contributed by atoms with Crippen LogP contribution in [0.1, 0.15) is 16.7 Å². The van der Waals surface area contributed by atoms with Crippen molar-refractivity contribution in [3.63, 3.8) is 0 Å². The molecule has 1 N–H and O–H groups in total. The number of rotatable bonds is 6. The summed E-state index contributed by atoms with van der Waals surface area (Å²) in [6.07, 6.45) is 1.43. The number of fused-ring (bicyclic) bond motifs is 1. The van der Waals surface area contributed by atoms with Crippen molar-refractivity contribution >= 4 is 51.6 Å². The van der Waals surface area contributed by atoms with Gasteiger partial charge in [0.25, 0.3) is 5.91 Å². The lowest BCUT2D eigenvalue weighted by molar-refractivity contribution is -0.112. The van der Waals surface area contributed by atoms with Gasteiger partial charge in [-0.25, -0.2) is 0 Å². The number of carbonyl (C=O) groups is 1. The van der Waals surface area contributed by atoms with Gasteiger partial charge in [0.2, 0.25) is 0 Å². The molecule has 6 heteroatoms. The summed E-state index contributed by atoms with van der Waals surface area (Å²) in [6.45, 7) is 2.20. The second-order valence-corrected chi connectivity index (χ2v) is 8.57. The molecule has 0 saturated heterocycles. The van der Waals surface area contributed by atoms with Gasteiger partial charge >= 0.3 is 0 Å². The first-order valence-electron chi connectivity index (χ1n) is 10.5. The third kappa shape index (κ3) is 5.40. The van der Waals surface area contributed by atoms with E-state index in [-0.39, 0.29) is 17.2 Å². The molecule has 0 bridgehead atoms. The molecule has 0 fully saturated rings. The van der Waals surface area contributed by atoms with Crippen LogP contribution >= 0.6 is 23.2 Å². The Labute approximate surface area is 208 Å². The van der Waals surface area contributed by atoms with Crippen molar-refractivity contribution in [3.8, 4) is 11.8 Å². The molecule has 0 aliphatic heterocycles. The highest BCUT2D eigenvalue weighted by atomic mass is 35.5. The minimum atomic E-state index is -0.539. The van der Waals surface area contributed by atoms with Crippen molar-refractivity contribution in [3.05, 3.63) is 111 Å². The van der Waals surface area contributed by atoms with Gasteiger partial charge in [-0.1, -0.05) is 83.4 Å². The number of anilines is 1. The van der Waals surface area contributed by atoms with E-state index in [0.29, 0.717) is 22.0 Å². The first kappa shape index (κ1) is 23.4. The number of nitrogens with one attached hydrogen (secondary N) is 1. The zero-order valence-electron chi connectivity index (χ0n) is 18.3. The number of halogens is 2. The lowest BCUT2D eigenvalue weighted by Crippen LogP contribution is -2.13. The first-order valence-corrected chi connectivity index (χ1v) is 11.3. The average Bonchev–Trinajstić information content (AvgIpc) is 2.83. The van der Waals surface area contributed by atoms with E-state index < -0.39 is 5.91 Å². The number of nitrogens with zero attached hydrogens (tertiary/aromatic N) is 1. The Morgan fingerprint density at radius 1 is 1.03 bits per heavy atom. The molecular weight excluding hydrogens is 467 g/mol. The second kappa shape index (κ2) is 10.4. The molecule has 34 heavy (non-hydrogen) atoms. The smallest absolute Gasteiger partial charge is 0.266 e. The highest BCUT2D eigenvalue weighted by Crippen LogP contribution is 2.35. The summed E-state index contributed by atoms with van der Waals surface area (Å²) >= 11 is 12.7. The van der Waals surface area contributed by atoms with Crippen LogP contribution in [0.3, 0.4) is 0 Å². The molecular formula is C28H20Cl2N2O2. The number of nitriles is 1. The van der Waals surface area contributed by atoms with Crippen LogP contribution in [0.25, 0.3) is 16.8 Å². The minimum Gasteiger partial charge on any atom is -0.487 e. The van der Waals surface area contributed by atoms with E-state index in [9.17, 15) is 10.1 Å². The molecule has 0 aliphatic rings. The third-order valence-corrected chi connectivity index (χ3v) is 5.76. The summed E-state index contributed by atoms with van der Waals surface area (Å²) in [6, 6.07) is 26.4. The van der Waals surface area contributed by atoms with Gasteiger partial charge in [0.15, 0.2) is 0 Å². The maximum atomic E-state index is 12.7. The van der Waals surface area contributed by atoms with Gasteiger partial charge in [0.1, 0.15) is 24.0 Å². The molecule has 0 atom stereocenters. The fraction of sp³-hybridized carbons (Fsp3) is 0.0714. The summed E-state index contributed by atoms with van der Waals surface area (Å²) in [5.74, 6) is -0.197. The molecule has 0 heterocycles. The van der Waals surface area contributed by atoms with E-state index in [4.69, 9.17) is 27.9 Å². The van der Waals surface area contributed by atoms with Crippen molar-refractivity contribution in [2.24, 2.45) is 0 Å². The fourth-order valence-corrected chi connectivity index (χ4v) is 4.11. The highest BCUT2D eigenvalue weighted by molar-refractivity contribution is 6.36. The molecule has 4 rings (SSSR count). The molecule has 4 nitrogen and oxygen atoms in total. The van der Waals surface area contributed by atoms with Gasteiger partial charge in [-0.05, 0) is 53.6 Å². The number of hydrogen-bond donors (Lipinski definition) is 1. The maximum Gasteiger partial charge on any atom is 0.266 e. The van der Waals surface area contributed by atoms with Crippen molar-refractivity contribution < 1.29 is 9.53 Å². The zero-order valence-corrected chi connectivity index (χ0v) is 19.8. The zero-order chi connectivity index (χ0) is 24.1. The average molecular weight is 487 g/mol. The molecule has 0 aromatic heterocycles. The Balaban J connectivity index is 1.63. The van der Waals surface area contributed by atoms with Gasteiger partial charge in [0.05, 0.1) is 5.02 Å². The lowest BCUT2D eigenvalue weighted by Gasteiger charge is -2.14. The Hall–Kier alpha value is -3.78. The number of hydrogen-bond acceptors (Lipinski definition) is 3. The van der Waals surface area contributed by atoms with E-state index in [1.54, 1.807) is 24.3 Å². The SMILES string of the molecule is Cc1ccc(NC(=O)/C(C#N)=C/c2cc(Cl)cc(Cl)c2OCc2cccc3ccccc23)cc1. The second-order valence-electron chi connectivity index (χ2n) is 7.72. The minimum absolute atomic E-state index is 0.103. The van der Waals surface area contributed by atoms with Crippen LogP contribution in [-0.2, 0) is 11.4 Å². The van der Waals surface area contributed by atoms with Gasteiger partial charge in [0, 0.05) is 16.3 Å². The van der Waals surface area contributed by atoms with Crippen molar-refractivity contribution in [1.29, 1.82) is 5.26 Å². The Morgan fingerprint density at radius 2 is 1.76 bits per heavy atom. The van der Waals surface area contributed by atoms with Gasteiger partial charge in [-0.15, -0.1) is 0 Å². The number of amides is 1. The van der Waals surface area contributed by atoms with E-state index in [0.717, 1.165) is 21.9 Å². The van der Waals surface area contributed by atoms with Gasteiger partial charge < -0.3 is 10.1 Å². The monoisotopic (exact) mass is 486 g/mol. The largest absolute Gasteiger partial charge is 0.487 e. The number of aryl methyl sites for hydroxylation is 1. The summed E-state index contributed by atoms with van der Waals surface area (Å²) in [5.41, 5.74) is 2.97. The van der Waals surface area contributed by atoms with Crippen molar-refractivity contribution in [1.82, 2.24) is 0 Å². The normalized spacial score (nSPS) is 11.2. The van der Waals surface area contributed by atoms with E-state index >= 15 is 0 Å². The molecule has 1 amide bonds. The van der Waals surface area contributed by atoms with E-state index in [1.165, 1.54) is 6.08 Å². The van der Waals surface area contributed by atoms with Crippen LogP contribution in [0, 0.1) is 18.3 Å². The topological polar surface area (TPSA) is 62.1 Å². The van der Waals surface area contributed by atoms with Crippen LogP contribution in [0.4, 0.5) is 5.69 Å². The first-order chi connectivity index (χ1) is 16.4. The van der Waals surface area contributed by atoms with E-state index in [1.807, 2.05) is 67.6 Å². The Morgan fingerprint density at radius 3 is 2.53 bits per heavy atom. The van der Waals surface area contributed by atoms with Crippen LogP contribution < -0.4 is 10.1 Å². The fourth-order valence-electron chi connectivity index (χ4n) is 3.55. The molecule has 0 radical (unpaired) electrons. The number of benzene rings is 4. The summed E-state index contributed by atoms with van der Waals surface area (Å²) in [7, 11) is 0. The van der Waals surface area contributed by atoms with E-state index in [2.05, 4.69) is 5.32 Å². The predicted octanol–water partition coefficient (Wildman–Crippen LogP) is 7.58. The lowest BCUT2D eigenvalue weighted by atomic mass is 10.1. The number of ether oxygens (including phenoxy) is 1. The Kier molecular flexibility index (Phi) is 7.18. The Bertz CT molecular complexity index is 1430. The van der Waals surface area contributed by atoms with Crippen LogP contribution in [0.15, 0.2) is 84.4 Å². The third-order valence-electron chi connectivity index (χ3n) is 5.26. The van der Waals surface area contributed by atoms with Crippen LogP contribution in [0.5, 0.6) is 5.75 Å². The van der Waals surface area contributed by atoms with Crippen LogP contribution in [0.2, 0.25) is 10.0 Å².